The molecule has 0 N–H and O–H groups in total. The third kappa shape index (κ3) is 6.69. The van der Waals surface area contributed by atoms with Gasteiger partial charge in [0.25, 0.3) is 0 Å². The standard InChI is InChI=1S/C18H32O2/c1-5-6-7-8-9-11-15-12-10-13-16(20-15)14-17(19)18(2,3)4/h10,12,15-16H,5-9,11,13-14H2,1-4H3/t15-,16-/m1/s1. The molecule has 1 heterocycles. The summed E-state index contributed by atoms with van der Waals surface area (Å²) in [5, 5.41) is 0. The number of hydrogen-bond donors (Lipinski definition) is 0. The Morgan fingerprint density at radius 3 is 2.55 bits per heavy atom. The normalized spacial score (nSPS) is 23.0. The number of unbranched alkanes of at least 4 members (excludes halogenated alkanes) is 4. The molecule has 0 aliphatic carbocycles. The van der Waals surface area contributed by atoms with Gasteiger partial charge in [0.15, 0.2) is 0 Å². The molecule has 0 unspecified atom stereocenters. The molecule has 0 aromatic heterocycles. The number of rotatable bonds is 8. The number of ketones is 1. The smallest absolute Gasteiger partial charge is 0.140 e. The summed E-state index contributed by atoms with van der Waals surface area (Å²) in [5.41, 5.74) is -0.250. The second-order valence-corrected chi connectivity index (χ2v) is 7.04. The fourth-order valence-electron chi connectivity index (χ4n) is 2.49. The van der Waals surface area contributed by atoms with Crippen LogP contribution in [0.25, 0.3) is 0 Å². The van der Waals surface area contributed by atoms with Gasteiger partial charge in [-0.15, -0.1) is 0 Å². The topological polar surface area (TPSA) is 26.3 Å². The van der Waals surface area contributed by atoms with Crippen LogP contribution in [0.4, 0.5) is 0 Å². The maximum Gasteiger partial charge on any atom is 0.140 e. The molecule has 1 aliphatic heterocycles. The van der Waals surface area contributed by atoms with Crippen molar-refractivity contribution in [2.45, 2.75) is 91.3 Å². The Morgan fingerprint density at radius 1 is 1.20 bits per heavy atom. The Labute approximate surface area is 125 Å². The lowest BCUT2D eigenvalue weighted by atomic mass is 9.86. The van der Waals surface area contributed by atoms with Crippen molar-refractivity contribution in [1.29, 1.82) is 0 Å². The first-order valence-corrected chi connectivity index (χ1v) is 8.29. The third-order valence-corrected chi connectivity index (χ3v) is 3.96. The molecule has 0 fully saturated rings. The van der Waals surface area contributed by atoms with Gasteiger partial charge in [-0.25, -0.2) is 0 Å². The van der Waals surface area contributed by atoms with E-state index in [4.69, 9.17) is 4.74 Å². The van der Waals surface area contributed by atoms with Gasteiger partial charge in [0.05, 0.1) is 12.2 Å². The number of hydrogen-bond acceptors (Lipinski definition) is 2. The molecule has 0 radical (unpaired) electrons. The van der Waals surface area contributed by atoms with Gasteiger partial charge in [-0.3, -0.25) is 4.79 Å². The van der Waals surface area contributed by atoms with Crippen LogP contribution in [0.3, 0.4) is 0 Å². The fourth-order valence-corrected chi connectivity index (χ4v) is 2.49. The highest BCUT2D eigenvalue weighted by Crippen LogP contribution is 2.24. The molecule has 0 saturated heterocycles. The van der Waals surface area contributed by atoms with Gasteiger partial charge >= 0.3 is 0 Å². The molecule has 20 heavy (non-hydrogen) atoms. The molecule has 0 bridgehead atoms. The lowest BCUT2D eigenvalue weighted by molar-refractivity contribution is -0.130. The van der Waals surface area contributed by atoms with Crippen LogP contribution in [0.5, 0.6) is 0 Å². The molecular weight excluding hydrogens is 248 g/mol. The summed E-state index contributed by atoms with van der Waals surface area (Å²) in [6.07, 6.45) is 13.7. The van der Waals surface area contributed by atoms with E-state index in [-0.39, 0.29) is 17.6 Å². The van der Waals surface area contributed by atoms with Crippen molar-refractivity contribution in [1.82, 2.24) is 0 Å². The Kier molecular flexibility index (Phi) is 7.50. The van der Waals surface area contributed by atoms with Crippen molar-refractivity contribution in [2.24, 2.45) is 5.41 Å². The third-order valence-electron chi connectivity index (χ3n) is 3.96. The quantitative estimate of drug-likeness (QED) is 0.458. The first-order chi connectivity index (χ1) is 9.43. The van der Waals surface area contributed by atoms with Crippen LogP contribution >= 0.6 is 0 Å². The summed E-state index contributed by atoms with van der Waals surface area (Å²) in [6, 6.07) is 0. The van der Waals surface area contributed by atoms with Crippen LogP contribution in [0.1, 0.15) is 79.1 Å². The molecule has 2 heteroatoms. The molecule has 116 valence electrons. The lowest BCUT2D eigenvalue weighted by Gasteiger charge is -2.28. The van der Waals surface area contributed by atoms with Crippen LogP contribution in [-0.4, -0.2) is 18.0 Å². The summed E-state index contributed by atoms with van der Waals surface area (Å²) in [6.45, 7) is 8.20. The van der Waals surface area contributed by atoms with E-state index in [0.717, 1.165) is 12.8 Å². The molecular formula is C18H32O2. The van der Waals surface area contributed by atoms with Crippen molar-refractivity contribution in [2.75, 3.05) is 0 Å². The van der Waals surface area contributed by atoms with E-state index in [0.29, 0.717) is 12.2 Å². The predicted octanol–water partition coefficient (Wildman–Crippen LogP) is 5.07. The largest absolute Gasteiger partial charge is 0.370 e. The maximum absolute atomic E-state index is 12.1. The zero-order chi connectivity index (χ0) is 15.0. The highest BCUT2D eigenvalue weighted by atomic mass is 16.5. The van der Waals surface area contributed by atoms with Crippen LogP contribution in [0, 0.1) is 5.41 Å². The molecule has 0 amide bonds. The van der Waals surface area contributed by atoms with Crippen molar-refractivity contribution in [3.05, 3.63) is 12.2 Å². The van der Waals surface area contributed by atoms with E-state index in [1.807, 2.05) is 20.8 Å². The van der Waals surface area contributed by atoms with Crippen LogP contribution < -0.4 is 0 Å². The molecule has 1 aliphatic rings. The van der Waals surface area contributed by atoms with Crippen LogP contribution in [0.2, 0.25) is 0 Å². The average molecular weight is 280 g/mol. The van der Waals surface area contributed by atoms with Gasteiger partial charge in [-0.2, -0.15) is 0 Å². The molecule has 0 saturated carbocycles. The average Bonchev–Trinajstić information content (AvgIpc) is 2.38. The highest BCUT2D eigenvalue weighted by Gasteiger charge is 2.27. The lowest BCUT2D eigenvalue weighted by Crippen LogP contribution is -2.30. The van der Waals surface area contributed by atoms with Crippen molar-refractivity contribution in [3.8, 4) is 0 Å². The SMILES string of the molecule is CCCCCCC[C@@H]1C=CC[C@H](CC(=O)C(C)(C)C)O1. The van der Waals surface area contributed by atoms with Gasteiger partial charge in [0, 0.05) is 11.8 Å². The number of carbonyl (C=O) groups is 1. The molecule has 0 aromatic carbocycles. The minimum absolute atomic E-state index is 0.0902. The van der Waals surface area contributed by atoms with Gasteiger partial charge in [-0.05, 0) is 12.8 Å². The van der Waals surface area contributed by atoms with E-state index >= 15 is 0 Å². The van der Waals surface area contributed by atoms with E-state index in [2.05, 4.69) is 19.1 Å². The van der Waals surface area contributed by atoms with Gasteiger partial charge in [0.1, 0.15) is 5.78 Å². The zero-order valence-corrected chi connectivity index (χ0v) is 13.8. The number of ether oxygens (including phenoxy) is 1. The first-order valence-electron chi connectivity index (χ1n) is 8.29. The molecule has 2 nitrogen and oxygen atoms in total. The maximum atomic E-state index is 12.1. The monoisotopic (exact) mass is 280 g/mol. The number of carbonyl (C=O) groups excluding carboxylic acids is 1. The second-order valence-electron chi connectivity index (χ2n) is 7.04. The van der Waals surface area contributed by atoms with E-state index in [1.165, 1.54) is 32.1 Å². The highest BCUT2D eigenvalue weighted by molar-refractivity contribution is 5.84. The predicted molar refractivity (Wildman–Crippen MR) is 84.9 cm³/mol. The Morgan fingerprint density at radius 2 is 1.90 bits per heavy atom. The van der Waals surface area contributed by atoms with Gasteiger partial charge in [-0.1, -0.05) is 72.0 Å². The van der Waals surface area contributed by atoms with Crippen molar-refractivity contribution in [3.63, 3.8) is 0 Å². The molecule has 0 spiro atoms. The second kappa shape index (κ2) is 8.61. The molecule has 0 aromatic rings. The summed E-state index contributed by atoms with van der Waals surface area (Å²) in [7, 11) is 0. The summed E-state index contributed by atoms with van der Waals surface area (Å²) in [5.74, 6) is 0.305. The van der Waals surface area contributed by atoms with E-state index in [1.54, 1.807) is 0 Å². The van der Waals surface area contributed by atoms with Gasteiger partial charge < -0.3 is 4.74 Å². The van der Waals surface area contributed by atoms with E-state index < -0.39 is 0 Å². The molecule has 1 rings (SSSR count). The molecule has 2 atom stereocenters. The minimum atomic E-state index is -0.250. The van der Waals surface area contributed by atoms with Crippen LogP contribution in [-0.2, 0) is 9.53 Å². The number of Topliss-reactive ketones (excluding diaryl/α,β-unsaturated/α-hetero) is 1. The Bertz CT molecular complexity index is 312. The fraction of sp³-hybridized carbons (Fsp3) is 0.833. The van der Waals surface area contributed by atoms with Crippen molar-refractivity contribution >= 4 is 5.78 Å². The summed E-state index contributed by atoms with van der Waals surface area (Å²) < 4.78 is 6.05. The minimum Gasteiger partial charge on any atom is -0.370 e. The van der Waals surface area contributed by atoms with Gasteiger partial charge in [0.2, 0.25) is 0 Å². The zero-order valence-electron chi connectivity index (χ0n) is 13.8. The van der Waals surface area contributed by atoms with Crippen molar-refractivity contribution < 1.29 is 9.53 Å². The first kappa shape index (κ1) is 17.4. The Balaban J connectivity index is 2.27. The Hall–Kier alpha value is -0.630. The summed E-state index contributed by atoms with van der Waals surface area (Å²) >= 11 is 0. The van der Waals surface area contributed by atoms with Crippen LogP contribution in [0.15, 0.2) is 12.2 Å². The summed E-state index contributed by atoms with van der Waals surface area (Å²) in [4.78, 5) is 12.1. The van der Waals surface area contributed by atoms with E-state index in [9.17, 15) is 4.79 Å².